The van der Waals surface area contributed by atoms with Crippen LogP contribution in [0.3, 0.4) is 0 Å². The molecule has 0 spiro atoms. The number of hydrogen-bond donors (Lipinski definition) is 1. The van der Waals surface area contributed by atoms with Gasteiger partial charge in [0.1, 0.15) is 17.8 Å². The second-order valence-corrected chi connectivity index (χ2v) is 10.9. The summed E-state index contributed by atoms with van der Waals surface area (Å²) in [6, 6.07) is 8.71. The molecule has 2 saturated heterocycles. The minimum Gasteiger partial charge on any atom is -0.378 e. The van der Waals surface area contributed by atoms with Gasteiger partial charge in [-0.3, -0.25) is 4.40 Å². The van der Waals surface area contributed by atoms with Gasteiger partial charge in [0.2, 0.25) is 0 Å². The van der Waals surface area contributed by atoms with Crippen molar-refractivity contribution in [3.63, 3.8) is 0 Å². The third-order valence-electron chi connectivity index (χ3n) is 7.09. The van der Waals surface area contributed by atoms with Gasteiger partial charge in [0.05, 0.1) is 19.5 Å². The molecule has 2 aliphatic rings. The molecule has 190 valence electrons. The Bertz CT molecular complexity index is 1340. The van der Waals surface area contributed by atoms with Gasteiger partial charge >= 0.3 is 0 Å². The first-order valence-electron chi connectivity index (χ1n) is 13.1. The molecule has 0 aliphatic carbocycles. The van der Waals surface area contributed by atoms with Crippen LogP contribution < -0.4 is 10.2 Å². The first-order chi connectivity index (χ1) is 17.5. The highest BCUT2D eigenvalue weighted by molar-refractivity contribution is 5.90. The zero-order chi connectivity index (χ0) is 24.7. The van der Waals surface area contributed by atoms with Crippen molar-refractivity contribution < 1.29 is 4.74 Å². The van der Waals surface area contributed by atoms with Crippen LogP contribution in [0.2, 0.25) is 0 Å². The van der Waals surface area contributed by atoms with E-state index in [1.54, 1.807) is 0 Å². The number of morpholine rings is 1. The molecule has 0 unspecified atom stereocenters. The van der Waals surface area contributed by atoms with Gasteiger partial charge in [-0.2, -0.15) is 0 Å². The lowest BCUT2D eigenvalue weighted by Gasteiger charge is -2.29. The van der Waals surface area contributed by atoms with Crippen LogP contribution in [0.15, 0.2) is 36.9 Å². The number of anilines is 2. The fourth-order valence-electron chi connectivity index (χ4n) is 5.24. The summed E-state index contributed by atoms with van der Waals surface area (Å²) in [6.07, 6.45) is 6.41. The van der Waals surface area contributed by atoms with Gasteiger partial charge in [0.15, 0.2) is 16.8 Å². The number of imidazole rings is 2. The third-order valence-corrected chi connectivity index (χ3v) is 7.09. The van der Waals surface area contributed by atoms with Crippen molar-refractivity contribution in [3.8, 4) is 11.3 Å². The Morgan fingerprint density at radius 1 is 0.889 bits per heavy atom. The first-order valence-corrected chi connectivity index (χ1v) is 13.1. The van der Waals surface area contributed by atoms with Gasteiger partial charge in [-0.05, 0) is 58.8 Å². The highest BCUT2D eigenvalue weighted by atomic mass is 16.5. The van der Waals surface area contributed by atoms with E-state index in [-0.39, 0.29) is 5.54 Å². The summed E-state index contributed by atoms with van der Waals surface area (Å²) in [4.78, 5) is 19.6. The molecule has 2 aliphatic heterocycles. The fraction of sp³-hybridized carbons (Fsp3) is 0.519. The number of nitrogens with zero attached hydrogens (tertiary/aromatic N) is 7. The summed E-state index contributed by atoms with van der Waals surface area (Å²) < 4.78 is 9.72. The average molecular weight is 489 g/mol. The summed E-state index contributed by atoms with van der Waals surface area (Å²) in [6.45, 7) is 14.2. The van der Waals surface area contributed by atoms with Crippen molar-refractivity contribution in [2.45, 2.75) is 45.7 Å². The fourth-order valence-corrected chi connectivity index (χ4v) is 5.24. The Labute approximate surface area is 212 Å². The van der Waals surface area contributed by atoms with Crippen molar-refractivity contribution >= 4 is 28.3 Å². The van der Waals surface area contributed by atoms with E-state index in [1.807, 2.05) is 12.7 Å². The van der Waals surface area contributed by atoms with E-state index in [0.717, 1.165) is 73.3 Å². The second-order valence-electron chi connectivity index (χ2n) is 10.9. The Morgan fingerprint density at radius 3 is 2.36 bits per heavy atom. The number of nitrogens with one attached hydrogen (secondary N) is 1. The van der Waals surface area contributed by atoms with E-state index < -0.39 is 0 Å². The first kappa shape index (κ1) is 23.2. The van der Waals surface area contributed by atoms with E-state index >= 15 is 0 Å². The summed E-state index contributed by atoms with van der Waals surface area (Å²) in [7, 11) is 0. The van der Waals surface area contributed by atoms with Gasteiger partial charge in [-0.25, -0.2) is 15.0 Å². The third kappa shape index (κ3) is 4.53. The molecule has 2 fully saturated rings. The molecule has 0 amide bonds. The van der Waals surface area contributed by atoms with Gasteiger partial charge in [-0.15, -0.1) is 0 Å². The number of fused-ring (bicyclic) bond motifs is 3. The molecule has 5 heterocycles. The van der Waals surface area contributed by atoms with E-state index in [4.69, 9.17) is 19.7 Å². The highest BCUT2D eigenvalue weighted by Crippen LogP contribution is 2.33. The number of aromatic nitrogens is 5. The molecule has 9 heteroatoms. The molecule has 4 aromatic rings. The van der Waals surface area contributed by atoms with Crippen LogP contribution >= 0.6 is 0 Å². The minimum absolute atomic E-state index is 0.136. The van der Waals surface area contributed by atoms with Crippen LogP contribution in [-0.4, -0.2) is 80.3 Å². The smallest absolute Gasteiger partial charge is 0.170 e. The summed E-state index contributed by atoms with van der Waals surface area (Å²) >= 11 is 0. The summed E-state index contributed by atoms with van der Waals surface area (Å²) in [5.74, 6) is 0.942. The van der Waals surface area contributed by atoms with E-state index in [0.29, 0.717) is 0 Å². The van der Waals surface area contributed by atoms with Crippen LogP contribution in [-0.2, 0) is 11.3 Å². The lowest BCUT2D eigenvalue weighted by Crippen LogP contribution is -2.36. The van der Waals surface area contributed by atoms with Crippen LogP contribution in [0.4, 0.5) is 11.5 Å². The van der Waals surface area contributed by atoms with Crippen LogP contribution in [0.5, 0.6) is 0 Å². The van der Waals surface area contributed by atoms with Crippen molar-refractivity contribution in [2.24, 2.45) is 0 Å². The average Bonchev–Trinajstić information content (AvgIpc) is 3.62. The predicted molar refractivity (Wildman–Crippen MR) is 144 cm³/mol. The van der Waals surface area contributed by atoms with Crippen molar-refractivity contribution in [1.29, 1.82) is 0 Å². The van der Waals surface area contributed by atoms with Crippen molar-refractivity contribution in [3.05, 3.63) is 36.9 Å². The van der Waals surface area contributed by atoms with E-state index in [1.165, 1.54) is 31.6 Å². The SMILES string of the molecule is CC(C)(C)Nc1c(-c2ccc(N3CCOCC3)cc2)nc2c3ncn(CCN4CCCC4)c3ncn12. The number of benzene rings is 1. The molecule has 9 nitrogen and oxygen atoms in total. The maximum Gasteiger partial charge on any atom is 0.170 e. The molecule has 1 aromatic carbocycles. The minimum atomic E-state index is -0.136. The molecule has 0 atom stereocenters. The Balaban J connectivity index is 1.38. The maximum atomic E-state index is 5.51. The van der Waals surface area contributed by atoms with E-state index in [2.05, 4.69) is 69.1 Å². The maximum absolute atomic E-state index is 5.51. The molecule has 36 heavy (non-hydrogen) atoms. The topological polar surface area (TPSA) is 75.8 Å². The molecular formula is C27H36N8O. The van der Waals surface area contributed by atoms with Crippen LogP contribution in [0, 0.1) is 0 Å². The summed E-state index contributed by atoms with van der Waals surface area (Å²) in [5, 5.41) is 3.68. The number of hydrogen-bond acceptors (Lipinski definition) is 7. The Morgan fingerprint density at radius 2 is 1.64 bits per heavy atom. The van der Waals surface area contributed by atoms with Crippen molar-refractivity contribution in [1.82, 2.24) is 28.8 Å². The largest absolute Gasteiger partial charge is 0.378 e. The lowest BCUT2D eigenvalue weighted by atomic mass is 10.1. The van der Waals surface area contributed by atoms with Crippen molar-refractivity contribution in [2.75, 3.05) is 56.2 Å². The molecule has 0 saturated carbocycles. The van der Waals surface area contributed by atoms with Gasteiger partial charge in [0.25, 0.3) is 0 Å². The van der Waals surface area contributed by atoms with Gasteiger partial charge < -0.3 is 24.4 Å². The zero-order valence-corrected chi connectivity index (χ0v) is 21.6. The monoisotopic (exact) mass is 488 g/mol. The molecular weight excluding hydrogens is 452 g/mol. The van der Waals surface area contributed by atoms with Crippen LogP contribution in [0.1, 0.15) is 33.6 Å². The normalized spacial score (nSPS) is 17.5. The van der Waals surface area contributed by atoms with Crippen LogP contribution in [0.25, 0.3) is 28.1 Å². The number of ether oxygens (including phenoxy) is 1. The molecule has 0 radical (unpaired) electrons. The van der Waals surface area contributed by atoms with Gasteiger partial charge in [0, 0.05) is 43.0 Å². The Kier molecular flexibility index (Phi) is 6.05. The van der Waals surface area contributed by atoms with E-state index in [9.17, 15) is 0 Å². The molecule has 0 bridgehead atoms. The highest BCUT2D eigenvalue weighted by Gasteiger charge is 2.23. The molecule has 3 aromatic heterocycles. The molecule has 6 rings (SSSR count). The zero-order valence-electron chi connectivity index (χ0n) is 21.6. The second kappa shape index (κ2) is 9.37. The quantitative estimate of drug-likeness (QED) is 0.441. The number of rotatable bonds is 6. The number of likely N-dealkylation sites (tertiary alicyclic amines) is 1. The molecule has 1 N–H and O–H groups in total. The standard InChI is InChI=1S/C27H36N8O/c1-27(2,3)31-26-22(20-6-8-21(9-7-20)33-14-16-36-17-15-33)30-25-23-24(29-19-35(25)26)34(18-28-23)13-12-32-10-4-5-11-32/h6-9,18-19,31H,4-5,10-17H2,1-3H3. The Hall–Kier alpha value is -3.17. The predicted octanol–water partition coefficient (Wildman–Crippen LogP) is 3.89. The summed E-state index contributed by atoms with van der Waals surface area (Å²) in [5.41, 5.74) is 5.64. The lowest BCUT2D eigenvalue weighted by molar-refractivity contribution is 0.122. The van der Waals surface area contributed by atoms with Gasteiger partial charge in [-0.1, -0.05) is 12.1 Å².